The van der Waals surface area contributed by atoms with Crippen molar-refractivity contribution in [1.82, 2.24) is 23.8 Å². The summed E-state index contributed by atoms with van der Waals surface area (Å²) in [5.74, 6) is -0.334. The topological polar surface area (TPSA) is 101 Å². The number of halogens is 1. The molecule has 0 aliphatic carbocycles. The van der Waals surface area contributed by atoms with Crippen LogP contribution >= 0.6 is 11.3 Å². The van der Waals surface area contributed by atoms with Crippen LogP contribution in [0.5, 0.6) is 5.75 Å². The molecule has 4 heterocycles. The number of nitrogens with zero attached hydrogens (tertiary/aromatic N) is 5. The summed E-state index contributed by atoms with van der Waals surface area (Å²) in [7, 11) is 1.48. The Morgan fingerprint density at radius 2 is 1.90 bits per heavy atom. The van der Waals surface area contributed by atoms with Gasteiger partial charge >= 0.3 is 5.69 Å². The molecule has 1 aliphatic heterocycles. The normalized spacial score (nSPS) is 15.1. The van der Waals surface area contributed by atoms with Gasteiger partial charge in [-0.15, -0.1) is 0 Å². The van der Waals surface area contributed by atoms with E-state index in [1.807, 2.05) is 13.8 Å². The third-order valence-corrected chi connectivity index (χ3v) is 8.72. The monoisotopic (exact) mass is 583 g/mol. The lowest BCUT2D eigenvalue weighted by atomic mass is 10.1. The molecule has 0 saturated carbocycles. The van der Waals surface area contributed by atoms with Gasteiger partial charge in [0.25, 0.3) is 5.56 Å². The second kappa shape index (κ2) is 11.6. The lowest BCUT2D eigenvalue weighted by Gasteiger charge is -2.25. The molecule has 1 aliphatic rings. The number of carbonyl (C=O) groups excluding carboxylic acids is 1. The molecule has 0 radical (unpaired) electrons. The smallest absolute Gasteiger partial charge is 0.332 e. The first-order valence-electron chi connectivity index (χ1n) is 13.7. The molecule has 1 aromatic carbocycles. The second-order valence-corrected chi connectivity index (χ2v) is 11.5. The number of likely N-dealkylation sites (tertiary alicyclic amines) is 1. The number of hydrogen-bond acceptors (Lipinski definition) is 7. The molecule has 4 aromatic rings. The molecule has 1 fully saturated rings. The Balaban J connectivity index is 1.75. The molecule has 12 heteroatoms. The Labute approximate surface area is 240 Å². The van der Waals surface area contributed by atoms with Crippen molar-refractivity contribution in [3.63, 3.8) is 0 Å². The van der Waals surface area contributed by atoms with E-state index in [4.69, 9.17) is 9.47 Å². The van der Waals surface area contributed by atoms with Crippen LogP contribution in [0.25, 0.3) is 15.2 Å². The third-order valence-electron chi connectivity index (χ3n) is 7.42. The van der Waals surface area contributed by atoms with Crippen molar-refractivity contribution in [3.8, 4) is 10.8 Å². The van der Waals surface area contributed by atoms with E-state index in [0.717, 1.165) is 17.4 Å². The number of fused-ring (bicyclic) bond motifs is 1. The van der Waals surface area contributed by atoms with Crippen LogP contribution in [0.4, 0.5) is 4.39 Å². The lowest BCUT2D eigenvalue weighted by Crippen LogP contribution is -2.47. The van der Waals surface area contributed by atoms with Gasteiger partial charge in [-0.25, -0.2) is 18.4 Å². The van der Waals surface area contributed by atoms with Gasteiger partial charge in [-0.05, 0) is 64.8 Å². The first-order valence-corrected chi connectivity index (χ1v) is 14.5. The number of methoxy groups -OCH3 is 1. The summed E-state index contributed by atoms with van der Waals surface area (Å²) < 4.78 is 30.3. The standard InChI is InChI=1S/C29H34FN5O5S/c1-17(2)40-23(21-15-20(30)9-10-22(21)39-5)16-33-28-24(18(3)27(41-28)34-14-8-11-31-34)26(37)35(29(33)38)19(4)25(36)32-12-6-7-13-32/h8-11,14-15,17,19,23H,6-7,12-13,16H2,1-5H3/t19-,23-/m0/s1. The summed E-state index contributed by atoms with van der Waals surface area (Å²) in [6.07, 6.45) is 4.10. The SMILES string of the molecule is COc1ccc(F)cc1[C@H](Cn1c(=O)n([C@@H](C)C(=O)N2CCCC2)c(=O)c2c(C)c(-n3cccn3)sc21)OC(C)C. The van der Waals surface area contributed by atoms with Crippen LogP contribution < -0.4 is 16.0 Å². The number of ether oxygens (including phenoxy) is 2. The van der Waals surface area contributed by atoms with Crippen LogP contribution in [0.2, 0.25) is 0 Å². The zero-order valence-corrected chi connectivity index (χ0v) is 24.6. The van der Waals surface area contributed by atoms with Gasteiger partial charge in [0.1, 0.15) is 33.5 Å². The van der Waals surface area contributed by atoms with Crippen LogP contribution in [-0.2, 0) is 16.1 Å². The van der Waals surface area contributed by atoms with Gasteiger partial charge in [0.15, 0.2) is 0 Å². The molecule has 10 nitrogen and oxygen atoms in total. The van der Waals surface area contributed by atoms with Crippen molar-refractivity contribution in [3.05, 3.63) is 74.4 Å². The summed E-state index contributed by atoms with van der Waals surface area (Å²) in [4.78, 5) is 43.8. The minimum Gasteiger partial charge on any atom is -0.496 e. The molecule has 0 N–H and O–H groups in total. The van der Waals surface area contributed by atoms with Crippen LogP contribution in [-0.4, -0.2) is 56.0 Å². The predicted octanol–water partition coefficient (Wildman–Crippen LogP) is 4.22. The number of rotatable bonds is 9. The highest BCUT2D eigenvalue weighted by molar-refractivity contribution is 7.21. The maximum Gasteiger partial charge on any atom is 0.332 e. The predicted molar refractivity (Wildman–Crippen MR) is 155 cm³/mol. The highest BCUT2D eigenvalue weighted by Crippen LogP contribution is 2.34. The molecule has 218 valence electrons. The van der Waals surface area contributed by atoms with Crippen LogP contribution in [0.1, 0.15) is 56.9 Å². The first-order chi connectivity index (χ1) is 19.6. The number of hydrogen-bond donors (Lipinski definition) is 0. The highest BCUT2D eigenvalue weighted by Gasteiger charge is 2.31. The Hall–Kier alpha value is -3.77. The first kappa shape index (κ1) is 28.7. The zero-order chi connectivity index (χ0) is 29.4. The molecular formula is C29H34FN5O5S. The van der Waals surface area contributed by atoms with Crippen LogP contribution in [0, 0.1) is 12.7 Å². The van der Waals surface area contributed by atoms with Gasteiger partial charge in [-0.3, -0.25) is 14.2 Å². The van der Waals surface area contributed by atoms with E-state index >= 15 is 0 Å². The largest absolute Gasteiger partial charge is 0.496 e. The minimum atomic E-state index is -1.01. The molecule has 5 rings (SSSR count). The fourth-order valence-corrected chi connectivity index (χ4v) is 6.69. The average Bonchev–Trinajstić information content (AvgIpc) is 3.71. The molecule has 41 heavy (non-hydrogen) atoms. The number of benzene rings is 1. The number of carbonyl (C=O) groups is 1. The summed E-state index contributed by atoms with van der Waals surface area (Å²) >= 11 is 1.25. The number of aryl methyl sites for hydroxylation is 1. The molecule has 1 amide bonds. The summed E-state index contributed by atoms with van der Waals surface area (Å²) in [6.45, 7) is 8.24. The van der Waals surface area contributed by atoms with Gasteiger partial charge in [-0.2, -0.15) is 5.10 Å². The van der Waals surface area contributed by atoms with E-state index in [-0.39, 0.29) is 18.6 Å². The second-order valence-electron chi connectivity index (χ2n) is 10.5. The van der Waals surface area contributed by atoms with E-state index in [2.05, 4.69) is 5.10 Å². The molecule has 3 aromatic heterocycles. The maximum absolute atomic E-state index is 14.5. The number of aromatic nitrogens is 4. The van der Waals surface area contributed by atoms with Gasteiger partial charge < -0.3 is 14.4 Å². The Morgan fingerprint density at radius 1 is 1.17 bits per heavy atom. The third kappa shape index (κ3) is 5.33. The van der Waals surface area contributed by atoms with E-state index in [1.54, 1.807) is 41.9 Å². The van der Waals surface area contributed by atoms with Gasteiger partial charge in [0.2, 0.25) is 5.91 Å². The molecule has 0 unspecified atom stereocenters. The Morgan fingerprint density at radius 3 is 2.54 bits per heavy atom. The van der Waals surface area contributed by atoms with E-state index in [0.29, 0.717) is 45.2 Å². The van der Waals surface area contributed by atoms with Gasteiger partial charge in [0, 0.05) is 36.6 Å². The number of amides is 1. The molecule has 2 atom stereocenters. The fourth-order valence-electron chi connectivity index (χ4n) is 5.44. The van der Waals surface area contributed by atoms with Crippen molar-refractivity contribution < 1.29 is 18.7 Å². The molecular weight excluding hydrogens is 549 g/mol. The Kier molecular flexibility index (Phi) is 8.14. The number of thiophene rings is 1. The van der Waals surface area contributed by atoms with Crippen molar-refractivity contribution in [2.45, 2.75) is 65.3 Å². The quantitative estimate of drug-likeness (QED) is 0.293. The average molecular weight is 584 g/mol. The van der Waals surface area contributed by atoms with E-state index in [1.165, 1.54) is 41.2 Å². The van der Waals surface area contributed by atoms with Crippen molar-refractivity contribution in [1.29, 1.82) is 0 Å². The van der Waals surface area contributed by atoms with Crippen LogP contribution in [0.15, 0.2) is 46.2 Å². The molecule has 0 spiro atoms. The van der Waals surface area contributed by atoms with Gasteiger partial charge in [0.05, 0.1) is 25.1 Å². The maximum atomic E-state index is 14.5. The Bertz CT molecular complexity index is 1680. The van der Waals surface area contributed by atoms with Crippen molar-refractivity contribution >= 4 is 27.5 Å². The summed E-state index contributed by atoms with van der Waals surface area (Å²) in [5.41, 5.74) is -0.0888. The molecule has 1 saturated heterocycles. The zero-order valence-electron chi connectivity index (χ0n) is 23.8. The lowest BCUT2D eigenvalue weighted by molar-refractivity contribution is -0.133. The molecule has 0 bridgehead atoms. The van der Waals surface area contributed by atoms with Crippen molar-refractivity contribution in [2.75, 3.05) is 20.2 Å². The van der Waals surface area contributed by atoms with E-state index in [9.17, 15) is 18.8 Å². The van der Waals surface area contributed by atoms with Gasteiger partial charge in [-0.1, -0.05) is 11.3 Å². The minimum absolute atomic E-state index is 0.0449. The summed E-state index contributed by atoms with van der Waals surface area (Å²) in [5, 5.41) is 5.34. The van der Waals surface area contributed by atoms with Crippen LogP contribution in [0.3, 0.4) is 0 Å². The van der Waals surface area contributed by atoms with E-state index < -0.39 is 29.2 Å². The fraction of sp³-hybridized carbons (Fsp3) is 0.448. The van der Waals surface area contributed by atoms with Crippen molar-refractivity contribution in [2.24, 2.45) is 0 Å². The summed E-state index contributed by atoms with van der Waals surface area (Å²) in [6, 6.07) is 4.91. The highest BCUT2D eigenvalue weighted by atomic mass is 32.1.